The average Bonchev–Trinajstić information content (AvgIpc) is 2.57. The van der Waals surface area contributed by atoms with Crippen LogP contribution in [-0.4, -0.2) is 71.2 Å². The summed E-state index contributed by atoms with van der Waals surface area (Å²) in [5.74, 6) is -1.32. The standard InChI is InChI=1S/C11H15NO7S2.C5H9NO3S.2Na/c1-11(2,3)12(13)7-8-4-5-9(20(14,15)16)6-10(8)21(17,18)19;1-3(7)6-4(2-10)5(8)9;;/h4-7H,1-3H3,(H,14,15,16)(H,17,18,19);4,10H,2H2,1H3,(H,6,7)(H,8,9);;/q;;2*+1/p-2/b12-7-;;;/t;4-;;/m.0../s1. The average molecular weight is 545 g/mol. The fraction of sp³-hybridized carbons (Fsp3) is 0.438. The molecule has 0 spiro atoms. The molecule has 17 heteroatoms. The minimum Gasteiger partial charge on any atom is -0.744 e. The second-order valence-corrected chi connectivity index (χ2v) is 10.1. The third-order valence-electron chi connectivity index (χ3n) is 3.32. The normalized spacial score (nSPS) is 12.8. The van der Waals surface area contributed by atoms with E-state index in [-0.39, 0.29) is 76.3 Å². The fourth-order valence-electron chi connectivity index (χ4n) is 1.74. The summed E-state index contributed by atoms with van der Waals surface area (Å²) in [7, 11) is -9.98. The van der Waals surface area contributed by atoms with Crippen molar-refractivity contribution in [3.63, 3.8) is 0 Å². The summed E-state index contributed by atoms with van der Waals surface area (Å²) in [6.07, 6.45) is 0.853. The number of hydroxylamine groups is 1. The van der Waals surface area contributed by atoms with Crippen molar-refractivity contribution in [3.05, 3.63) is 29.0 Å². The summed E-state index contributed by atoms with van der Waals surface area (Å²) in [6.45, 7) is 5.92. The first kappa shape index (κ1) is 37.4. The van der Waals surface area contributed by atoms with Crippen LogP contribution in [0.4, 0.5) is 0 Å². The van der Waals surface area contributed by atoms with E-state index in [4.69, 9.17) is 5.11 Å². The molecule has 0 fully saturated rings. The number of hydrogen-bond acceptors (Lipinski definition) is 10. The second kappa shape index (κ2) is 15.0. The van der Waals surface area contributed by atoms with Gasteiger partial charge in [0.1, 0.15) is 26.3 Å². The van der Waals surface area contributed by atoms with Gasteiger partial charge in [-0.25, -0.2) is 26.4 Å². The summed E-state index contributed by atoms with van der Waals surface area (Å²) in [5.41, 5.74) is -1.19. The number of benzene rings is 1. The van der Waals surface area contributed by atoms with Crippen molar-refractivity contribution >= 4 is 51.0 Å². The van der Waals surface area contributed by atoms with Crippen molar-refractivity contribution in [1.29, 1.82) is 0 Å². The van der Waals surface area contributed by atoms with Crippen LogP contribution in [0.3, 0.4) is 0 Å². The summed E-state index contributed by atoms with van der Waals surface area (Å²) in [5, 5.41) is 22.4. The molecule has 0 radical (unpaired) electrons. The molecule has 2 N–H and O–H groups in total. The van der Waals surface area contributed by atoms with E-state index in [0.29, 0.717) is 10.8 Å². The molecule has 176 valence electrons. The predicted molar refractivity (Wildman–Crippen MR) is 110 cm³/mol. The van der Waals surface area contributed by atoms with Crippen LogP contribution in [0, 0.1) is 5.21 Å². The first-order chi connectivity index (χ1) is 13.8. The van der Waals surface area contributed by atoms with Gasteiger partial charge in [-0.1, -0.05) is 0 Å². The Hall–Kier alpha value is -0.200. The number of carboxylic acid groups (broad SMARTS) is 1. The summed E-state index contributed by atoms with van der Waals surface area (Å²) in [6, 6.07) is 1.33. The Morgan fingerprint density at radius 3 is 1.91 bits per heavy atom. The molecule has 0 aromatic heterocycles. The molecular formula is C16H22N2Na2O10S3. The second-order valence-electron chi connectivity index (χ2n) is 7.01. The zero-order valence-corrected chi connectivity index (χ0v) is 25.5. The molecule has 1 aromatic rings. The molecule has 0 aliphatic heterocycles. The molecule has 1 amide bonds. The molecule has 0 aliphatic rings. The number of carbonyl (C=O) groups excluding carboxylic acids is 1. The Bertz CT molecular complexity index is 1070. The minimum absolute atomic E-state index is 0. The number of nitrogens with zero attached hydrogens (tertiary/aromatic N) is 1. The van der Waals surface area contributed by atoms with Gasteiger partial charge in [-0.15, -0.1) is 0 Å². The number of carbonyl (C=O) groups is 2. The van der Waals surface area contributed by atoms with Gasteiger partial charge in [0.25, 0.3) is 0 Å². The van der Waals surface area contributed by atoms with Crippen molar-refractivity contribution in [3.8, 4) is 0 Å². The first-order valence-corrected chi connectivity index (χ1v) is 11.7. The van der Waals surface area contributed by atoms with Gasteiger partial charge in [-0.05, 0) is 18.2 Å². The zero-order chi connectivity index (χ0) is 24.8. The molecule has 1 rings (SSSR count). The third kappa shape index (κ3) is 14.1. The van der Waals surface area contributed by atoms with E-state index < -0.39 is 47.6 Å². The molecule has 33 heavy (non-hydrogen) atoms. The number of hydrogen-bond donors (Lipinski definition) is 3. The first-order valence-electron chi connectivity index (χ1n) is 8.28. The maximum atomic E-state index is 11.8. The minimum atomic E-state index is -5.06. The van der Waals surface area contributed by atoms with Crippen molar-refractivity contribution in [2.45, 2.75) is 49.1 Å². The molecule has 1 aromatic carbocycles. The molecule has 0 heterocycles. The van der Waals surface area contributed by atoms with Crippen molar-refractivity contribution < 1.29 is 104 Å². The molecule has 1 atom stereocenters. The monoisotopic (exact) mass is 544 g/mol. The molecule has 12 nitrogen and oxygen atoms in total. The number of amides is 1. The van der Waals surface area contributed by atoms with E-state index >= 15 is 0 Å². The van der Waals surface area contributed by atoms with Gasteiger partial charge in [0.15, 0.2) is 11.8 Å². The fourth-order valence-corrected chi connectivity index (χ4v) is 3.24. The van der Waals surface area contributed by atoms with Crippen LogP contribution in [0.25, 0.3) is 0 Å². The van der Waals surface area contributed by atoms with Gasteiger partial charge in [0.2, 0.25) is 5.91 Å². The van der Waals surface area contributed by atoms with Crippen molar-refractivity contribution in [1.82, 2.24) is 5.32 Å². The van der Waals surface area contributed by atoms with Crippen LogP contribution in [0.5, 0.6) is 0 Å². The maximum absolute atomic E-state index is 11.8. The Morgan fingerprint density at radius 2 is 1.64 bits per heavy atom. The van der Waals surface area contributed by atoms with E-state index in [9.17, 15) is 40.7 Å². The van der Waals surface area contributed by atoms with Crippen molar-refractivity contribution in [2.24, 2.45) is 0 Å². The quantitative estimate of drug-likeness (QED) is 0.0587. The van der Waals surface area contributed by atoms with E-state index in [1.54, 1.807) is 20.8 Å². The van der Waals surface area contributed by atoms with Crippen LogP contribution in [0.15, 0.2) is 28.0 Å². The van der Waals surface area contributed by atoms with Crippen LogP contribution in [-0.2, 0) is 29.8 Å². The van der Waals surface area contributed by atoms with Gasteiger partial charge in [-0.3, -0.25) is 4.79 Å². The largest absolute Gasteiger partial charge is 1.00 e. The topological polar surface area (TPSA) is 207 Å². The van der Waals surface area contributed by atoms with Gasteiger partial charge in [0, 0.05) is 33.4 Å². The van der Waals surface area contributed by atoms with Crippen LogP contribution in [0.1, 0.15) is 33.3 Å². The predicted octanol–water partition coefficient (Wildman–Crippen LogP) is -6.26. The summed E-state index contributed by atoms with van der Waals surface area (Å²) in [4.78, 5) is 18.7. The van der Waals surface area contributed by atoms with Crippen LogP contribution in [0.2, 0.25) is 0 Å². The smallest absolute Gasteiger partial charge is 0.744 e. The summed E-state index contributed by atoms with van der Waals surface area (Å²) < 4.78 is 66.5. The number of thiol groups is 1. The third-order valence-corrected chi connectivity index (χ3v) is 5.41. The maximum Gasteiger partial charge on any atom is 1.00 e. The van der Waals surface area contributed by atoms with Gasteiger partial charge < -0.3 is 24.7 Å². The number of nitrogens with one attached hydrogen (secondary N) is 1. The molecule has 0 unspecified atom stereocenters. The Morgan fingerprint density at radius 1 is 1.15 bits per heavy atom. The van der Waals surface area contributed by atoms with Crippen LogP contribution >= 0.6 is 12.6 Å². The SMILES string of the molecule is CC(=O)N[C@@H](CS)C(=O)O.CC(C)(C)/[N+]([O-])=C/c1ccc(S(=O)(=O)[O-])cc1S(=O)(=O)[O-].[Na+].[Na+]. The van der Waals surface area contributed by atoms with Gasteiger partial charge in [0.05, 0.1) is 15.4 Å². The van der Waals surface area contributed by atoms with Crippen LogP contribution < -0.4 is 64.4 Å². The number of rotatable bonds is 6. The van der Waals surface area contributed by atoms with E-state index in [1.165, 1.54) is 6.92 Å². The van der Waals surface area contributed by atoms with Gasteiger partial charge >= 0.3 is 65.1 Å². The van der Waals surface area contributed by atoms with Gasteiger partial charge in [-0.2, -0.15) is 12.6 Å². The number of aliphatic carboxylic acids is 1. The Kier molecular flexibility index (Phi) is 17.0. The number of carboxylic acids is 1. The molecule has 0 saturated carbocycles. The van der Waals surface area contributed by atoms with E-state index in [0.717, 1.165) is 18.3 Å². The van der Waals surface area contributed by atoms with E-state index in [1.807, 2.05) is 0 Å². The summed E-state index contributed by atoms with van der Waals surface area (Å²) >= 11 is 3.73. The molecular weight excluding hydrogens is 522 g/mol. The zero-order valence-electron chi connectivity index (χ0n) is 18.9. The molecule has 0 aliphatic carbocycles. The van der Waals surface area contributed by atoms with E-state index in [2.05, 4.69) is 17.9 Å². The molecule has 0 bridgehead atoms. The molecule has 0 saturated heterocycles. The Balaban J connectivity index is -0.000000642. The Labute approximate surface area is 242 Å². The van der Waals surface area contributed by atoms with Crippen molar-refractivity contribution in [2.75, 3.05) is 5.75 Å².